The molecule has 0 bridgehead atoms. The van der Waals surface area contributed by atoms with Crippen molar-refractivity contribution in [1.29, 1.82) is 0 Å². The Balaban J connectivity index is 1.98. The van der Waals surface area contributed by atoms with E-state index in [1.165, 1.54) is 25.3 Å². The Labute approximate surface area is 108 Å². The van der Waals surface area contributed by atoms with Crippen LogP contribution in [0, 0.1) is 11.2 Å². The summed E-state index contributed by atoms with van der Waals surface area (Å²) >= 11 is 4.45. The number of rotatable bonds is 4. The molecule has 0 saturated heterocycles. The first-order chi connectivity index (χ1) is 8.26. The average molecular weight is 254 g/mol. The molecule has 1 saturated carbocycles. The second-order valence-corrected chi connectivity index (χ2v) is 5.25. The van der Waals surface area contributed by atoms with Crippen LogP contribution in [-0.2, 0) is 0 Å². The lowest BCUT2D eigenvalue weighted by molar-refractivity contribution is 0.118. The first-order valence-corrected chi connectivity index (χ1v) is 6.87. The highest BCUT2D eigenvalue weighted by molar-refractivity contribution is 7.80. The van der Waals surface area contributed by atoms with Crippen molar-refractivity contribution in [3.63, 3.8) is 0 Å². The molecule has 17 heavy (non-hydrogen) atoms. The number of ether oxygens (including phenoxy) is 1. The smallest absolute Gasteiger partial charge is 0.165 e. The van der Waals surface area contributed by atoms with Gasteiger partial charge >= 0.3 is 0 Å². The molecule has 0 spiro atoms. The molecule has 1 aromatic carbocycles. The molecule has 3 heteroatoms. The molecule has 1 aliphatic rings. The molecule has 1 aromatic rings. The van der Waals surface area contributed by atoms with Crippen LogP contribution >= 0.6 is 12.6 Å². The van der Waals surface area contributed by atoms with Crippen LogP contribution in [0.5, 0.6) is 5.75 Å². The third kappa shape index (κ3) is 3.15. The average Bonchev–Trinajstić information content (AvgIpc) is 2.39. The molecule has 0 N–H and O–H groups in total. The third-order valence-electron chi connectivity index (χ3n) is 3.62. The maximum absolute atomic E-state index is 13.4. The summed E-state index contributed by atoms with van der Waals surface area (Å²) < 4.78 is 19.1. The van der Waals surface area contributed by atoms with E-state index in [0.29, 0.717) is 12.4 Å². The maximum atomic E-state index is 13.4. The van der Waals surface area contributed by atoms with E-state index in [4.69, 9.17) is 4.74 Å². The van der Waals surface area contributed by atoms with Crippen LogP contribution in [0.25, 0.3) is 0 Å². The van der Waals surface area contributed by atoms with Gasteiger partial charge in [0.2, 0.25) is 0 Å². The molecular formula is C14H19FOS. The van der Waals surface area contributed by atoms with E-state index in [2.05, 4.69) is 12.6 Å². The lowest BCUT2D eigenvalue weighted by Gasteiger charge is -2.35. The van der Waals surface area contributed by atoms with Gasteiger partial charge in [-0.05, 0) is 30.7 Å². The van der Waals surface area contributed by atoms with Gasteiger partial charge in [-0.15, -0.1) is 0 Å². The van der Waals surface area contributed by atoms with Gasteiger partial charge in [0.25, 0.3) is 0 Å². The number of benzene rings is 1. The molecular weight excluding hydrogens is 235 g/mol. The molecule has 0 atom stereocenters. The molecule has 0 aromatic heterocycles. The number of hydrogen-bond donors (Lipinski definition) is 1. The predicted molar refractivity (Wildman–Crippen MR) is 71.3 cm³/mol. The van der Waals surface area contributed by atoms with Crippen LogP contribution in [0.1, 0.15) is 32.1 Å². The summed E-state index contributed by atoms with van der Waals surface area (Å²) in [6.45, 7) is 0.581. The third-order valence-corrected chi connectivity index (χ3v) is 4.29. The zero-order valence-corrected chi connectivity index (χ0v) is 10.9. The van der Waals surface area contributed by atoms with Crippen LogP contribution < -0.4 is 4.74 Å². The highest BCUT2D eigenvalue weighted by atomic mass is 32.1. The highest BCUT2D eigenvalue weighted by Crippen LogP contribution is 2.37. The van der Waals surface area contributed by atoms with Gasteiger partial charge in [0.05, 0.1) is 6.61 Å². The predicted octanol–water partition coefficient (Wildman–Crippen LogP) is 4.08. The number of halogens is 1. The minimum absolute atomic E-state index is 0.143. The second kappa shape index (κ2) is 5.76. The molecule has 1 aliphatic carbocycles. The fourth-order valence-electron chi connectivity index (χ4n) is 2.44. The molecule has 0 amide bonds. The van der Waals surface area contributed by atoms with Crippen molar-refractivity contribution in [3.8, 4) is 5.75 Å². The molecule has 1 nitrogen and oxygen atoms in total. The molecule has 94 valence electrons. The van der Waals surface area contributed by atoms with E-state index < -0.39 is 0 Å². The monoisotopic (exact) mass is 254 g/mol. The summed E-state index contributed by atoms with van der Waals surface area (Å²) in [7, 11) is 0. The van der Waals surface area contributed by atoms with Crippen LogP contribution in [-0.4, -0.2) is 12.4 Å². The van der Waals surface area contributed by atoms with Gasteiger partial charge in [-0.3, -0.25) is 0 Å². The molecule has 0 radical (unpaired) electrons. The van der Waals surface area contributed by atoms with Crippen LogP contribution in [0.4, 0.5) is 4.39 Å². The van der Waals surface area contributed by atoms with Crippen molar-refractivity contribution in [1.82, 2.24) is 0 Å². The molecule has 1 fully saturated rings. The zero-order chi connectivity index (χ0) is 12.1. The Morgan fingerprint density at radius 1 is 1.18 bits per heavy atom. The molecule has 0 unspecified atom stereocenters. The normalized spacial score (nSPS) is 18.9. The summed E-state index contributed by atoms with van der Waals surface area (Å²) in [6, 6.07) is 6.60. The summed E-state index contributed by atoms with van der Waals surface area (Å²) in [5.74, 6) is 0.901. The van der Waals surface area contributed by atoms with Crippen molar-refractivity contribution in [2.75, 3.05) is 12.4 Å². The topological polar surface area (TPSA) is 9.23 Å². The first kappa shape index (κ1) is 12.7. The van der Waals surface area contributed by atoms with Crippen LogP contribution in [0.15, 0.2) is 24.3 Å². The van der Waals surface area contributed by atoms with Crippen LogP contribution in [0.3, 0.4) is 0 Å². The standard InChI is InChI=1S/C14H19FOS/c15-12-6-2-3-7-13(12)16-10-14(11-17)8-4-1-5-9-14/h2-3,6-7,17H,1,4-5,8-11H2. The number of thiol groups is 1. The largest absolute Gasteiger partial charge is 0.490 e. The van der Waals surface area contributed by atoms with Crippen molar-refractivity contribution in [3.05, 3.63) is 30.1 Å². The lowest BCUT2D eigenvalue weighted by atomic mass is 9.76. The summed E-state index contributed by atoms with van der Waals surface area (Å²) in [5, 5.41) is 0. The number of hydrogen-bond acceptors (Lipinski definition) is 2. The van der Waals surface area contributed by atoms with Gasteiger partial charge in [-0.2, -0.15) is 12.6 Å². The SMILES string of the molecule is Fc1ccccc1OCC1(CS)CCCCC1. The fraction of sp³-hybridized carbons (Fsp3) is 0.571. The van der Waals surface area contributed by atoms with E-state index >= 15 is 0 Å². The Kier molecular flexibility index (Phi) is 4.32. The van der Waals surface area contributed by atoms with Crippen molar-refractivity contribution in [2.24, 2.45) is 5.41 Å². The summed E-state index contributed by atoms with van der Waals surface area (Å²) in [5.41, 5.74) is 0.143. The first-order valence-electron chi connectivity index (χ1n) is 6.24. The Morgan fingerprint density at radius 3 is 2.53 bits per heavy atom. The fourth-order valence-corrected chi connectivity index (χ4v) is 2.85. The summed E-state index contributed by atoms with van der Waals surface area (Å²) in [4.78, 5) is 0. The maximum Gasteiger partial charge on any atom is 0.165 e. The number of para-hydroxylation sites is 1. The van der Waals surface area contributed by atoms with Gasteiger partial charge in [0, 0.05) is 5.41 Å². The minimum atomic E-state index is -0.280. The van der Waals surface area contributed by atoms with Gasteiger partial charge in [-0.1, -0.05) is 31.4 Å². The van der Waals surface area contributed by atoms with Crippen LogP contribution in [0.2, 0.25) is 0 Å². The Morgan fingerprint density at radius 2 is 1.88 bits per heavy atom. The minimum Gasteiger partial charge on any atom is -0.490 e. The van der Waals surface area contributed by atoms with Gasteiger partial charge < -0.3 is 4.74 Å². The van der Waals surface area contributed by atoms with Crippen molar-refractivity contribution < 1.29 is 9.13 Å². The second-order valence-electron chi connectivity index (χ2n) is 4.94. The zero-order valence-electron chi connectivity index (χ0n) is 9.99. The lowest BCUT2D eigenvalue weighted by Crippen LogP contribution is -2.33. The Hall–Kier alpha value is -0.700. The van der Waals surface area contributed by atoms with Gasteiger partial charge in [0.1, 0.15) is 0 Å². The van der Waals surface area contributed by atoms with E-state index in [1.54, 1.807) is 18.2 Å². The van der Waals surface area contributed by atoms with Crippen molar-refractivity contribution >= 4 is 12.6 Å². The van der Waals surface area contributed by atoms with Gasteiger partial charge in [-0.25, -0.2) is 4.39 Å². The Bertz CT molecular complexity index is 361. The van der Waals surface area contributed by atoms with E-state index in [9.17, 15) is 4.39 Å². The summed E-state index contributed by atoms with van der Waals surface area (Å²) in [6.07, 6.45) is 6.06. The van der Waals surface area contributed by atoms with Crippen molar-refractivity contribution in [2.45, 2.75) is 32.1 Å². The van der Waals surface area contributed by atoms with Gasteiger partial charge in [0.15, 0.2) is 11.6 Å². The molecule has 0 heterocycles. The highest BCUT2D eigenvalue weighted by Gasteiger charge is 2.31. The molecule has 0 aliphatic heterocycles. The van der Waals surface area contributed by atoms with E-state index in [1.807, 2.05) is 0 Å². The van der Waals surface area contributed by atoms with E-state index in [0.717, 1.165) is 18.6 Å². The van der Waals surface area contributed by atoms with E-state index in [-0.39, 0.29) is 11.2 Å². The molecule has 2 rings (SSSR count). The quantitative estimate of drug-likeness (QED) is 0.796.